The number of fused-ring (bicyclic) bond motifs is 3. The number of Topliss-reactive ketones (excluding diaryl/α,β-unsaturated/α-hetero) is 1. The summed E-state index contributed by atoms with van der Waals surface area (Å²) in [6.07, 6.45) is 2.38. The topological polar surface area (TPSA) is 49.4 Å². The maximum absolute atomic E-state index is 12.2. The van der Waals surface area contributed by atoms with E-state index >= 15 is 0 Å². The second kappa shape index (κ2) is 5.06. The first-order valence-corrected chi connectivity index (χ1v) is 7.59. The molecular formula is C14H18N2O2S. The fourth-order valence-corrected chi connectivity index (χ4v) is 3.82. The summed E-state index contributed by atoms with van der Waals surface area (Å²) < 4.78 is 0. The van der Waals surface area contributed by atoms with Crippen LogP contribution in [0.15, 0.2) is 12.1 Å². The van der Waals surface area contributed by atoms with Gasteiger partial charge in [-0.15, -0.1) is 11.3 Å². The van der Waals surface area contributed by atoms with Crippen LogP contribution in [0.25, 0.3) is 0 Å². The molecule has 102 valence electrons. The molecule has 0 unspecified atom stereocenters. The molecule has 1 atom stereocenters. The van der Waals surface area contributed by atoms with Crippen LogP contribution in [0.2, 0.25) is 0 Å². The molecule has 0 aromatic carbocycles. The lowest BCUT2D eigenvalue weighted by Crippen LogP contribution is -2.57. The molecule has 4 rings (SSSR count). The van der Waals surface area contributed by atoms with E-state index in [2.05, 4.69) is 10.2 Å². The smallest absolute Gasteiger partial charge is 0.261 e. The molecule has 3 aliphatic rings. The lowest BCUT2D eigenvalue weighted by Gasteiger charge is -2.44. The van der Waals surface area contributed by atoms with Gasteiger partial charge in [0.25, 0.3) is 5.91 Å². The molecule has 1 aromatic rings. The predicted octanol–water partition coefficient (Wildman–Crippen LogP) is 1.77. The van der Waals surface area contributed by atoms with Crippen LogP contribution >= 0.6 is 11.3 Å². The van der Waals surface area contributed by atoms with Gasteiger partial charge in [0, 0.05) is 12.6 Å². The molecule has 4 nitrogen and oxygen atoms in total. The molecular weight excluding hydrogens is 260 g/mol. The zero-order chi connectivity index (χ0) is 13.4. The van der Waals surface area contributed by atoms with Crippen LogP contribution in [0.1, 0.15) is 39.1 Å². The molecule has 1 aromatic heterocycles. The Balaban J connectivity index is 1.66. The van der Waals surface area contributed by atoms with Crippen molar-refractivity contribution in [2.45, 2.75) is 25.8 Å². The third kappa shape index (κ3) is 2.58. The number of thiophene rings is 1. The third-order valence-corrected chi connectivity index (χ3v) is 5.33. The van der Waals surface area contributed by atoms with Crippen molar-refractivity contribution in [2.75, 3.05) is 19.6 Å². The fourth-order valence-electron chi connectivity index (χ4n) is 3.02. The van der Waals surface area contributed by atoms with E-state index in [9.17, 15) is 9.59 Å². The number of rotatable bonds is 3. The number of carbonyl (C=O) groups excluding carboxylic acids is 2. The highest BCUT2D eigenvalue weighted by atomic mass is 32.1. The molecule has 0 spiro atoms. The summed E-state index contributed by atoms with van der Waals surface area (Å²) >= 11 is 1.28. The Labute approximate surface area is 116 Å². The van der Waals surface area contributed by atoms with Gasteiger partial charge in [0.1, 0.15) is 0 Å². The zero-order valence-corrected chi connectivity index (χ0v) is 11.8. The Morgan fingerprint density at radius 1 is 1.26 bits per heavy atom. The first-order valence-electron chi connectivity index (χ1n) is 6.77. The van der Waals surface area contributed by atoms with Crippen molar-refractivity contribution in [1.82, 2.24) is 10.2 Å². The van der Waals surface area contributed by atoms with Crippen molar-refractivity contribution in [2.24, 2.45) is 5.92 Å². The lowest BCUT2D eigenvalue weighted by molar-refractivity contribution is 0.0622. The van der Waals surface area contributed by atoms with E-state index in [0.717, 1.165) is 6.54 Å². The van der Waals surface area contributed by atoms with Crippen LogP contribution < -0.4 is 5.32 Å². The fraction of sp³-hybridized carbons (Fsp3) is 0.571. The molecule has 1 amide bonds. The van der Waals surface area contributed by atoms with Gasteiger partial charge in [-0.1, -0.05) is 0 Å². The van der Waals surface area contributed by atoms with Crippen molar-refractivity contribution >= 4 is 23.0 Å². The second-order valence-electron chi connectivity index (χ2n) is 5.44. The van der Waals surface area contributed by atoms with Crippen LogP contribution in [0, 0.1) is 5.92 Å². The van der Waals surface area contributed by atoms with Gasteiger partial charge in [0.2, 0.25) is 0 Å². The Morgan fingerprint density at radius 2 is 1.95 bits per heavy atom. The molecule has 3 fully saturated rings. The molecule has 5 heteroatoms. The normalized spacial score (nSPS) is 29.2. The van der Waals surface area contributed by atoms with Gasteiger partial charge >= 0.3 is 0 Å². The number of amides is 1. The van der Waals surface area contributed by atoms with E-state index in [1.807, 2.05) is 0 Å². The summed E-state index contributed by atoms with van der Waals surface area (Å²) in [4.78, 5) is 27.2. The zero-order valence-electron chi connectivity index (χ0n) is 11.0. The van der Waals surface area contributed by atoms with Gasteiger partial charge in [0.05, 0.1) is 9.75 Å². The number of piperidine rings is 3. The van der Waals surface area contributed by atoms with Crippen molar-refractivity contribution in [3.8, 4) is 0 Å². The van der Waals surface area contributed by atoms with Crippen LogP contribution in [-0.4, -0.2) is 42.3 Å². The Morgan fingerprint density at radius 3 is 2.47 bits per heavy atom. The average Bonchev–Trinajstić information content (AvgIpc) is 2.90. The first kappa shape index (κ1) is 12.8. The first-order chi connectivity index (χ1) is 9.13. The average molecular weight is 278 g/mol. The van der Waals surface area contributed by atoms with E-state index in [4.69, 9.17) is 0 Å². The number of nitrogens with zero attached hydrogens (tertiary/aromatic N) is 1. The number of carbonyl (C=O) groups is 2. The molecule has 1 N–H and O–H groups in total. The standard InChI is InChI=1S/C14H18N2O2S/c1-9(17)12-2-3-13(19-12)14(18)15-11-8-16-6-4-10(11)5-7-16/h2-3,10-11H,4-8H2,1H3,(H,15,18)/t11-/m0/s1. The summed E-state index contributed by atoms with van der Waals surface area (Å²) in [5.74, 6) is 0.615. The van der Waals surface area contributed by atoms with E-state index in [1.165, 1.54) is 44.2 Å². The second-order valence-corrected chi connectivity index (χ2v) is 6.52. The minimum Gasteiger partial charge on any atom is -0.347 e. The molecule has 3 aliphatic heterocycles. The van der Waals surface area contributed by atoms with Gasteiger partial charge in [-0.25, -0.2) is 0 Å². The molecule has 4 heterocycles. The SMILES string of the molecule is CC(=O)c1ccc(C(=O)N[C@H]2CN3CCC2CC3)s1. The summed E-state index contributed by atoms with van der Waals surface area (Å²) in [6, 6.07) is 3.76. The largest absolute Gasteiger partial charge is 0.347 e. The minimum absolute atomic E-state index is 0.0203. The van der Waals surface area contributed by atoms with Crippen molar-refractivity contribution < 1.29 is 9.59 Å². The number of ketones is 1. The Kier molecular flexibility index (Phi) is 3.41. The highest BCUT2D eigenvalue weighted by Crippen LogP contribution is 2.28. The summed E-state index contributed by atoms with van der Waals surface area (Å²) in [6.45, 7) is 4.84. The van der Waals surface area contributed by atoms with Crippen molar-refractivity contribution in [3.05, 3.63) is 21.9 Å². The summed E-state index contributed by atoms with van der Waals surface area (Å²) in [7, 11) is 0. The lowest BCUT2D eigenvalue weighted by atomic mass is 9.84. The molecule has 19 heavy (non-hydrogen) atoms. The Hall–Kier alpha value is -1.20. The number of hydrogen-bond acceptors (Lipinski definition) is 4. The van der Waals surface area contributed by atoms with Crippen LogP contribution in [0.5, 0.6) is 0 Å². The molecule has 2 bridgehead atoms. The predicted molar refractivity (Wildman–Crippen MR) is 74.7 cm³/mol. The third-order valence-electron chi connectivity index (χ3n) is 4.15. The molecule has 0 saturated carbocycles. The van der Waals surface area contributed by atoms with Crippen molar-refractivity contribution in [1.29, 1.82) is 0 Å². The highest BCUT2D eigenvalue weighted by Gasteiger charge is 2.35. The quantitative estimate of drug-likeness (QED) is 0.857. The minimum atomic E-state index is -0.0313. The van der Waals surface area contributed by atoms with E-state index in [1.54, 1.807) is 12.1 Å². The monoisotopic (exact) mass is 278 g/mol. The maximum Gasteiger partial charge on any atom is 0.261 e. The van der Waals surface area contributed by atoms with Crippen molar-refractivity contribution in [3.63, 3.8) is 0 Å². The molecule has 3 saturated heterocycles. The van der Waals surface area contributed by atoms with E-state index in [0.29, 0.717) is 15.7 Å². The van der Waals surface area contributed by atoms with E-state index < -0.39 is 0 Å². The maximum atomic E-state index is 12.2. The molecule has 0 aliphatic carbocycles. The number of nitrogens with one attached hydrogen (secondary N) is 1. The van der Waals surface area contributed by atoms with Gasteiger partial charge in [-0.2, -0.15) is 0 Å². The number of hydrogen-bond donors (Lipinski definition) is 1. The molecule has 0 radical (unpaired) electrons. The van der Waals surface area contributed by atoms with Gasteiger partial charge in [0.15, 0.2) is 5.78 Å². The highest BCUT2D eigenvalue weighted by molar-refractivity contribution is 7.15. The Bertz CT molecular complexity index is 503. The van der Waals surface area contributed by atoms with Gasteiger partial charge in [-0.05, 0) is 50.9 Å². The van der Waals surface area contributed by atoms with Gasteiger partial charge in [-0.3, -0.25) is 9.59 Å². The summed E-state index contributed by atoms with van der Waals surface area (Å²) in [5.41, 5.74) is 0. The van der Waals surface area contributed by atoms with Crippen LogP contribution in [0.3, 0.4) is 0 Å². The van der Waals surface area contributed by atoms with Crippen LogP contribution in [0.4, 0.5) is 0 Å². The van der Waals surface area contributed by atoms with Gasteiger partial charge < -0.3 is 10.2 Å². The van der Waals surface area contributed by atoms with Crippen LogP contribution in [-0.2, 0) is 0 Å². The van der Waals surface area contributed by atoms with E-state index in [-0.39, 0.29) is 17.7 Å². The summed E-state index contributed by atoms with van der Waals surface area (Å²) in [5, 5.41) is 3.14.